The molecule has 4 atom stereocenters. The number of fused-ring (bicyclic) bond motifs is 3. The van der Waals surface area contributed by atoms with Crippen LogP contribution in [0.2, 0.25) is 0 Å². The summed E-state index contributed by atoms with van der Waals surface area (Å²) in [7, 11) is 3.13. The number of nitrogen functional groups attached to an aromatic ring is 1. The standard InChI is InChI=1S/C23H23N3O7/c1-4-8-5-9-6-10-7-11-16(26(2)3)19(29)14(22(25)32)21(31)23(11,33)20(30)13(10)17(27)12(9)18(28)15(8)24/h1,5,10-11,16,28-30,33H,6-7,24H2,2-3H3,(H2,25,32). The molecule has 3 aliphatic rings. The molecule has 33 heavy (non-hydrogen) atoms. The largest absolute Gasteiger partial charge is 0.510 e. The Balaban J connectivity index is 1.98. The summed E-state index contributed by atoms with van der Waals surface area (Å²) in [5.41, 5.74) is 7.60. The number of allylic oxidation sites excluding steroid dienone is 1. The molecule has 4 unspecified atom stereocenters. The molecule has 172 valence electrons. The number of nitrogens with zero attached hydrogens (tertiary/aromatic N) is 1. The summed E-state index contributed by atoms with van der Waals surface area (Å²) < 4.78 is 0. The van der Waals surface area contributed by atoms with E-state index >= 15 is 0 Å². The van der Waals surface area contributed by atoms with Crippen molar-refractivity contribution >= 4 is 23.2 Å². The molecule has 0 spiro atoms. The second-order valence-corrected chi connectivity index (χ2v) is 8.83. The van der Waals surface area contributed by atoms with E-state index in [1.807, 2.05) is 0 Å². The first-order chi connectivity index (χ1) is 15.4. The Hall–Kier alpha value is -3.81. The number of hydrogen-bond acceptors (Lipinski definition) is 9. The van der Waals surface area contributed by atoms with Gasteiger partial charge in [-0.2, -0.15) is 0 Å². The Kier molecular flexibility index (Phi) is 4.81. The highest BCUT2D eigenvalue weighted by Gasteiger charge is 2.63. The first kappa shape index (κ1) is 22.4. The molecule has 0 heterocycles. The Bertz CT molecular complexity index is 1250. The molecular formula is C23H23N3O7. The van der Waals surface area contributed by atoms with Crippen molar-refractivity contribution < 1.29 is 34.8 Å². The van der Waals surface area contributed by atoms with Gasteiger partial charge in [0.25, 0.3) is 5.91 Å². The maximum Gasteiger partial charge on any atom is 0.255 e. The second kappa shape index (κ2) is 7.10. The van der Waals surface area contributed by atoms with Gasteiger partial charge in [-0.3, -0.25) is 19.3 Å². The molecule has 10 heteroatoms. The summed E-state index contributed by atoms with van der Waals surface area (Å²) in [6.45, 7) is 0. The van der Waals surface area contributed by atoms with E-state index in [2.05, 4.69) is 5.92 Å². The first-order valence-electron chi connectivity index (χ1n) is 10.1. The fraction of sp³-hybridized carbons (Fsp3) is 0.348. The molecule has 0 saturated heterocycles. The number of ketones is 2. The third kappa shape index (κ3) is 2.73. The van der Waals surface area contributed by atoms with Crippen molar-refractivity contribution in [2.75, 3.05) is 19.8 Å². The molecule has 0 radical (unpaired) electrons. The number of benzene rings is 1. The van der Waals surface area contributed by atoms with Crippen molar-refractivity contribution in [1.29, 1.82) is 0 Å². The Morgan fingerprint density at radius 3 is 2.45 bits per heavy atom. The van der Waals surface area contributed by atoms with E-state index in [0.717, 1.165) is 0 Å². The van der Waals surface area contributed by atoms with Crippen molar-refractivity contribution in [2.45, 2.75) is 24.5 Å². The van der Waals surface area contributed by atoms with Crippen molar-refractivity contribution in [3.05, 3.63) is 45.4 Å². The van der Waals surface area contributed by atoms with Gasteiger partial charge in [0.2, 0.25) is 5.78 Å². The van der Waals surface area contributed by atoms with Gasteiger partial charge >= 0.3 is 0 Å². The van der Waals surface area contributed by atoms with Crippen LogP contribution in [0.15, 0.2) is 28.7 Å². The SMILES string of the molecule is C#Cc1cc2c(c(O)c1N)C(=O)C1=C(O)C3(O)C(=O)C(C(N)=O)=C(O)C(N(C)C)C3CC1C2. The molecule has 10 nitrogen and oxygen atoms in total. The summed E-state index contributed by atoms with van der Waals surface area (Å²) >= 11 is 0. The number of anilines is 1. The molecule has 8 N–H and O–H groups in total. The monoisotopic (exact) mass is 453 g/mol. The summed E-state index contributed by atoms with van der Waals surface area (Å²) in [5, 5.41) is 43.9. The summed E-state index contributed by atoms with van der Waals surface area (Å²) in [6.07, 6.45) is 5.60. The highest BCUT2D eigenvalue weighted by molar-refractivity contribution is 6.24. The van der Waals surface area contributed by atoms with E-state index in [4.69, 9.17) is 17.9 Å². The molecule has 0 aliphatic heterocycles. The Morgan fingerprint density at radius 1 is 1.27 bits per heavy atom. The normalized spacial score (nSPS) is 28.9. The average Bonchev–Trinajstić information content (AvgIpc) is 2.72. The molecule has 4 rings (SSSR count). The van der Waals surface area contributed by atoms with Crippen LogP contribution in [0.25, 0.3) is 0 Å². The van der Waals surface area contributed by atoms with Crippen LogP contribution >= 0.6 is 0 Å². The molecule has 1 aromatic carbocycles. The lowest BCUT2D eigenvalue weighted by molar-refractivity contribution is -0.148. The van der Waals surface area contributed by atoms with Gasteiger partial charge < -0.3 is 31.9 Å². The van der Waals surface area contributed by atoms with E-state index in [0.29, 0.717) is 5.56 Å². The van der Waals surface area contributed by atoms with Crippen molar-refractivity contribution in [2.24, 2.45) is 17.6 Å². The van der Waals surface area contributed by atoms with Crippen LogP contribution in [0, 0.1) is 24.2 Å². The molecule has 0 saturated carbocycles. The third-order valence-corrected chi connectivity index (χ3v) is 6.91. The topological polar surface area (TPSA) is 187 Å². The lowest BCUT2D eigenvalue weighted by Crippen LogP contribution is -2.63. The maximum atomic E-state index is 13.4. The van der Waals surface area contributed by atoms with E-state index in [-0.39, 0.29) is 35.2 Å². The average molecular weight is 453 g/mol. The number of carbonyl (C=O) groups is 3. The number of aromatic hydroxyl groups is 1. The Morgan fingerprint density at radius 2 is 1.91 bits per heavy atom. The fourth-order valence-corrected chi connectivity index (χ4v) is 5.44. The minimum atomic E-state index is -2.68. The highest BCUT2D eigenvalue weighted by Crippen LogP contribution is 2.52. The van der Waals surface area contributed by atoms with Crippen LogP contribution in [0.4, 0.5) is 5.69 Å². The quantitative estimate of drug-likeness (QED) is 0.151. The highest BCUT2D eigenvalue weighted by atomic mass is 16.3. The molecule has 0 aromatic heterocycles. The van der Waals surface area contributed by atoms with Gasteiger partial charge in [-0.1, -0.05) is 5.92 Å². The van der Waals surface area contributed by atoms with E-state index in [1.54, 1.807) is 14.1 Å². The van der Waals surface area contributed by atoms with Gasteiger partial charge in [-0.05, 0) is 44.5 Å². The zero-order valence-corrected chi connectivity index (χ0v) is 17.9. The number of hydrogen-bond donors (Lipinski definition) is 6. The number of nitrogens with two attached hydrogens (primary N) is 2. The number of amides is 1. The fourth-order valence-electron chi connectivity index (χ4n) is 5.44. The van der Waals surface area contributed by atoms with Crippen LogP contribution in [-0.4, -0.2) is 68.5 Å². The first-order valence-corrected chi connectivity index (χ1v) is 10.1. The predicted octanol–water partition coefficient (Wildman–Crippen LogP) is -0.316. The molecular weight excluding hydrogens is 430 g/mol. The van der Waals surface area contributed by atoms with Crippen LogP contribution in [-0.2, 0) is 16.0 Å². The molecule has 0 bridgehead atoms. The number of rotatable bonds is 2. The minimum absolute atomic E-state index is 0.00227. The molecule has 0 fully saturated rings. The number of carbonyl (C=O) groups excluding carboxylic acids is 3. The van der Waals surface area contributed by atoms with Gasteiger partial charge in [0.1, 0.15) is 17.1 Å². The predicted molar refractivity (Wildman–Crippen MR) is 116 cm³/mol. The van der Waals surface area contributed by atoms with E-state index in [1.165, 1.54) is 11.0 Å². The van der Waals surface area contributed by atoms with Gasteiger partial charge in [0.15, 0.2) is 17.1 Å². The van der Waals surface area contributed by atoms with Crippen LogP contribution < -0.4 is 11.5 Å². The number of aliphatic hydroxyl groups is 3. The van der Waals surface area contributed by atoms with Crippen molar-refractivity contribution in [3.63, 3.8) is 0 Å². The molecule has 1 aromatic rings. The van der Waals surface area contributed by atoms with E-state index in [9.17, 15) is 34.8 Å². The Labute approximate surface area is 188 Å². The number of phenolic OH excluding ortho intramolecular Hbond substituents is 1. The van der Waals surface area contributed by atoms with Gasteiger partial charge in [0, 0.05) is 11.5 Å². The van der Waals surface area contributed by atoms with E-state index < -0.39 is 63.8 Å². The lowest BCUT2D eigenvalue weighted by atomic mass is 9.58. The van der Waals surface area contributed by atoms with Gasteiger partial charge in [0.05, 0.1) is 22.9 Å². The number of primary amides is 1. The van der Waals surface area contributed by atoms with Crippen molar-refractivity contribution in [1.82, 2.24) is 4.90 Å². The van der Waals surface area contributed by atoms with Gasteiger partial charge in [-0.25, -0.2) is 0 Å². The van der Waals surface area contributed by atoms with Gasteiger partial charge in [-0.15, -0.1) is 6.42 Å². The summed E-state index contributed by atoms with van der Waals surface area (Å²) in [4.78, 5) is 40.0. The van der Waals surface area contributed by atoms with Crippen LogP contribution in [0.1, 0.15) is 27.9 Å². The van der Waals surface area contributed by atoms with Crippen LogP contribution in [0.3, 0.4) is 0 Å². The maximum absolute atomic E-state index is 13.4. The molecule has 1 amide bonds. The third-order valence-electron chi connectivity index (χ3n) is 6.91. The zero-order valence-electron chi connectivity index (χ0n) is 17.9. The van der Waals surface area contributed by atoms with Crippen LogP contribution in [0.5, 0.6) is 5.75 Å². The van der Waals surface area contributed by atoms with Crippen molar-refractivity contribution in [3.8, 4) is 18.1 Å². The summed E-state index contributed by atoms with van der Waals surface area (Å²) in [6, 6.07) is 0.464. The summed E-state index contributed by atoms with van der Waals surface area (Å²) in [5.74, 6) is -4.87. The number of Topliss-reactive ketones (excluding diaryl/α,β-unsaturated/α-hetero) is 2. The molecule has 3 aliphatic carbocycles. The number of terminal acetylenes is 1. The minimum Gasteiger partial charge on any atom is -0.510 e. The number of aliphatic hydroxyl groups excluding tert-OH is 2. The second-order valence-electron chi connectivity index (χ2n) is 8.83. The smallest absolute Gasteiger partial charge is 0.255 e. The lowest BCUT2D eigenvalue weighted by Gasteiger charge is -2.50. The zero-order chi connectivity index (χ0) is 24.6. The number of likely N-dealkylation sites (N-methyl/N-ethyl adjacent to an activating group) is 1. The number of phenols is 1.